The van der Waals surface area contributed by atoms with Gasteiger partial charge in [-0.2, -0.15) is 0 Å². The predicted octanol–water partition coefficient (Wildman–Crippen LogP) is 3.59. The molecule has 0 radical (unpaired) electrons. The van der Waals surface area contributed by atoms with E-state index in [1.807, 2.05) is 13.2 Å². The molecule has 3 fully saturated rings. The van der Waals surface area contributed by atoms with Gasteiger partial charge in [0.1, 0.15) is 5.82 Å². The first-order valence-corrected chi connectivity index (χ1v) is 12.7. The molecule has 1 aromatic rings. The summed E-state index contributed by atoms with van der Waals surface area (Å²) in [4.78, 5) is 14.0. The molecule has 3 aliphatic rings. The molecule has 1 aromatic heterocycles. The molecule has 0 saturated carbocycles. The molecule has 0 aliphatic carbocycles. The molecule has 0 aromatic carbocycles. The van der Waals surface area contributed by atoms with Crippen LogP contribution in [0, 0.1) is 0 Å². The van der Waals surface area contributed by atoms with Crippen LogP contribution in [0.3, 0.4) is 0 Å². The van der Waals surface area contributed by atoms with Gasteiger partial charge in [0.2, 0.25) is 0 Å². The SMILES string of the molecule is CN=C(NCc1ccc(N2CCCCCC2)nc1)N1CCC(OCC2CCCCO2)CC1. The van der Waals surface area contributed by atoms with Gasteiger partial charge < -0.3 is 24.6 Å². The predicted molar refractivity (Wildman–Crippen MR) is 129 cm³/mol. The largest absolute Gasteiger partial charge is 0.376 e. The Morgan fingerprint density at radius 1 is 1.06 bits per heavy atom. The lowest BCUT2D eigenvalue weighted by molar-refractivity contribution is -0.0721. The van der Waals surface area contributed by atoms with Gasteiger partial charge in [0, 0.05) is 52.6 Å². The van der Waals surface area contributed by atoms with Crippen LogP contribution in [0.4, 0.5) is 5.82 Å². The van der Waals surface area contributed by atoms with Gasteiger partial charge in [-0.3, -0.25) is 4.99 Å². The maximum atomic E-state index is 6.16. The van der Waals surface area contributed by atoms with Crippen LogP contribution in [0.25, 0.3) is 0 Å². The number of nitrogens with one attached hydrogen (secondary N) is 1. The Balaban J connectivity index is 1.18. The molecular formula is C25H41N5O2. The average Bonchev–Trinajstić information content (AvgIpc) is 3.15. The number of nitrogens with zero attached hydrogens (tertiary/aromatic N) is 4. The normalized spacial score (nSPS) is 23.8. The Kier molecular flexibility index (Phi) is 9.03. The summed E-state index contributed by atoms with van der Waals surface area (Å²) in [7, 11) is 1.87. The highest BCUT2D eigenvalue weighted by Gasteiger charge is 2.23. The molecular weight excluding hydrogens is 402 g/mol. The van der Waals surface area contributed by atoms with Gasteiger partial charge in [-0.1, -0.05) is 18.9 Å². The van der Waals surface area contributed by atoms with Crippen molar-refractivity contribution in [3.05, 3.63) is 23.9 Å². The van der Waals surface area contributed by atoms with Crippen molar-refractivity contribution in [3.63, 3.8) is 0 Å². The number of aliphatic imine (C=N–C) groups is 1. The average molecular weight is 444 g/mol. The van der Waals surface area contributed by atoms with Crippen molar-refractivity contribution in [1.29, 1.82) is 0 Å². The topological polar surface area (TPSA) is 62.2 Å². The van der Waals surface area contributed by atoms with Gasteiger partial charge in [0.05, 0.1) is 18.8 Å². The van der Waals surface area contributed by atoms with Crippen molar-refractivity contribution in [2.45, 2.75) is 76.5 Å². The fourth-order valence-electron chi connectivity index (χ4n) is 4.94. The van der Waals surface area contributed by atoms with E-state index in [1.165, 1.54) is 44.1 Å². The van der Waals surface area contributed by atoms with Crippen LogP contribution < -0.4 is 10.2 Å². The number of likely N-dealkylation sites (tertiary alicyclic amines) is 1. The fraction of sp³-hybridized carbons (Fsp3) is 0.760. The lowest BCUT2D eigenvalue weighted by atomic mass is 10.1. The Morgan fingerprint density at radius 3 is 2.53 bits per heavy atom. The van der Waals surface area contributed by atoms with E-state index in [-0.39, 0.29) is 0 Å². The van der Waals surface area contributed by atoms with Crippen LogP contribution in [-0.4, -0.2) is 74.5 Å². The van der Waals surface area contributed by atoms with E-state index in [0.717, 1.165) is 77.0 Å². The molecule has 3 aliphatic heterocycles. The van der Waals surface area contributed by atoms with E-state index in [1.54, 1.807) is 0 Å². The van der Waals surface area contributed by atoms with Gasteiger partial charge in [-0.25, -0.2) is 4.98 Å². The monoisotopic (exact) mass is 443 g/mol. The molecule has 1 unspecified atom stereocenters. The first-order chi connectivity index (χ1) is 15.8. The summed E-state index contributed by atoms with van der Waals surface area (Å²) in [6, 6.07) is 4.37. The van der Waals surface area contributed by atoms with Crippen molar-refractivity contribution < 1.29 is 9.47 Å². The van der Waals surface area contributed by atoms with Crippen LogP contribution >= 0.6 is 0 Å². The van der Waals surface area contributed by atoms with E-state index in [4.69, 9.17) is 14.5 Å². The second-order valence-corrected chi connectivity index (χ2v) is 9.33. The Morgan fingerprint density at radius 2 is 1.88 bits per heavy atom. The molecule has 0 amide bonds. The number of ether oxygens (including phenoxy) is 2. The zero-order valence-electron chi connectivity index (χ0n) is 19.8. The van der Waals surface area contributed by atoms with E-state index in [2.05, 4.69) is 32.2 Å². The molecule has 3 saturated heterocycles. The summed E-state index contributed by atoms with van der Waals surface area (Å²) < 4.78 is 12.0. The third kappa shape index (κ3) is 6.82. The van der Waals surface area contributed by atoms with Crippen molar-refractivity contribution in [3.8, 4) is 0 Å². The minimum absolute atomic E-state index is 0.301. The van der Waals surface area contributed by atoms with Gasteiger partial charge in [0.15, 0.2) is 5.96 Å². The summed E-state index contributed by atoms with van der Waals surface area (Å²) >= 11 is 0. The van der Waals surface area contributed by atoms with Gasteiger partial charge in [0.25, 0.3) is 0 Å². The number of anilines is 1. The lowest BCUT2D eigenvalue weighted by Gasteiger charge is -2.35. The molecule has 7 heteroatoms. The zero-order valence-corrected chi connectivity index (χ0v) is 19.8. The van der Waals surface area contributed by atoms with Crippen molar-refractivity contribution in [2.75, 3.05) is 51.3 Å². The molecule has 178 valence electrons. The molecule has 0 bridgehead atoms. The third-order valence-electron chi connectivity index (χ3n) is 6.93. The van der Waals surface area contributed by atoms with E-state index in [9.17, 15) is 0 Å². The highest BCUT2D eigenvalue weighted by atomic mass is 16.5. The van der Waals surface area contributed by atoms with Gasteiger partial charge >= 0.3 is 0 Å². The van der Waals surface area contributed by atoms with E-state index >= 15 is 0 Å². The smallest absolute Gasteiger partial charge is 0.193 e. The molecule has 4 heterocycles. The zero-order chi connectivity index (χ0) is 22.0. The molecule has 32 heavy (non-hydrogen) atoms. The standard InChI is InChI=1S/C25H41N5O2/c1-26-25(30-15-11-22(12-16-30)32-20-23-8-4-7-17-31-23)28-19-21-9-10-24(27-18-21)29-13-5-2-3-6-14-29/h9-10,18,22-23H,2-8,11-17,19-20H2,1H3,(H,26,28). The van der Waals surface area contributed by atoms with Gasteiger partial charge in [-0.15, -0.1) is 0 Å². The molecule has 4 rings (SSSR count). The number of aromatic nitrogens is 1. The first kappa shape index (κ1) is 23.3. The fourth-order valence-corrected chi connectivity index (χ4v) is 4.94. The highest BCUT2D eigenvalue weighted by Crippen LogP contribution is 2.19. The number of hydrogen-bond donors (Lipinski definition) is 1. The van der Waals surface area contributed by atoms with Crippen molar-refractivity contribution >= 4 is 11.8 Å². The minimum atomic E-state index is 0.301. The second-order valence-electron chi connectivity index (χ2n) is 9.33. The summed E-state index contributed by atoms with van der Waals surface area (Å²) in [6.07, 6.45) is 13.6. The number of piperidine rings is 1. The Bertz CT molecular complexity index is 689. The van der Waals surface area contributed by atoms with Crippen LogP contribution in [0.2, 0.25) is 0 Å². The number of hydrogen-bond acceptors (Lipinski definition) is 5. The number of guanidine groups is 1. The van der Waals surface area contributed by atoms with Crippen LogP contribution in [0.1, 0.15) is 63.4 Å². The lowest BCUT2D eigenvalue weighted by Crippen LogP contribution is -2.47. The summed E-state index contributed by atoms with van der Waals surface area (Å²) in [5.41, 5.74) is 1.19. The molecule has 1 N–H and O–H groups in total. The van der Waals surface area contributed by atoms with Gasteiger partial charge in [-0.05, 0) is 56.6 Å². The highest BCUT2D eigenvalue weighted by molar-refractivity contribution is 5.79. The summed E-state index contributed by atoms with van der Waals surface area (Å²) in [5, 5.41) is 3.52. The maximum Gasteiger partial charge on any atom is 0.193 e. The van der Waals surface area contributed by atoms with Crippen LogP contribution in [-0.2, 0) is 16.0 Å². The van der Waals surface area contributed by atoms with Crippen LogP contribution in [0.15, 0.2) is 23.3 Å². The quantitative estimate of drug-likeness (QED) is 0.536. The Labute approximate surface area is 193 Å². The number of rotatable bonds is 6. The van der Waals surface area contributed by atoms with E-state index < -0.39 is 0 Å². The third-order valence-corrected chi connectivity index (χ3v) is 6.93. The summed E-state index contributed by atoms with van der Waals surface area (Å²) in [6.45, 7) is 6.59. The first-order valence-electron chi connectivity index (χ1n) is 12.7. The number of pyridine rings is 1. The molecule has 7 nitrogen and oxygen atoms in total. The summed E-state index contributed by atoms with van der Waals surface area (Å²) in [5.74, 6) is 2.08. The molecule has 0 spiro atoms. The Hall–Kier alpha value is -1.86. The second kappa shape index (κ2) is 12.4. The van der Waals surface area contributed by atoms with Crippen molar-refractivity contribution in [1.82, 2.24) is 15.2 Å². The molecule has 1 atom stereocenters. The van der Waals surface area contributed by atoms with Crippen molar-refractivity contribution in [2.24, 2.45) is 4.99 Å². The minimum Gasteiger partial charge on any atom is -0.376 e. The van der Waals surface area contributed by atoms with E-state index in [0.29, 0.717) is 12.2 Å². The van der Waals surface area contributed by atoms with Crippen LogP contribution in [0.5, 0.6) is 0 Å². The maximum absolute atomic E-state index is 6.16.